The molecule has 2 aromatic rings. The first-order valence-electron chi connectivity index (χ1n) is 9.93. The fraction of sp³-hybridized carbons (Fsp3) is 0.261. The second-order valence-corrected chi connectivity index (χ2v) is 7.25. The Labute approximate surface area is 188 Å². The van der Waals surface area contributed by atoms with E-state index in [0.717, 1.165) is 17.0 Å². The van der Waals surface area contributed by atoms with Crippen molar-refractivity contribution < 1.29 is 27.5 Å². The number of carbonyl (C=O) groups excluding carboxylic acids is 2. The lowest BCUT2D eigenvalue weighted by Gasteiger charge is -2.36. The number of hydrogen-bond acceptors (Lipinski definition) is 4. The standard InChI is InChI=1S/C23H21F3N4O3/c1-14-19(21(31)28-10-11-33-2)20(16-8-6-15(13-27)7-9-16)29-22(32)30(14)18-5-3-4-17(12-18)23(24,25)26/h3-9,12,20H,10-11H2,1-2H3,(H,28,31)(H,29,32). The molecule has 1 aliphatic rings. The first-order chi connectivity index (χ1) is 15.7. The number of ether oxygens (including phenoxy) is 1. The van der Waals surface area contributed by atoms with Crippen LogP contribution >= 0.6 is 0 Å². The Morgan fingerprint density at radius 2 is 1.94 bits per heavy atom. The maximum Gasteiger partial charge on any atom is 0.416 e. The van der Waals surface area contributed by atoms with Crippen LogP contribution in [0.2, 0.25) is 0 Å². The van der Waals surface area contributed by atoms with E-state index in [1.807, 2.05) is 6.07 Å². The van der Waals surface area contributed by atoms with Gasteiger partial charge in [-0.3, -0.25) is 9.69 Å². The molecule has 0 spiro atoms. The zero-order valence-corrected chi connectivity index (χ0v) is 17.9. The van der Waals surface area contributed by atoms with Gasteiger partial charge in [0.05, 0.1) is 41.1 Å². The van der Waals surface area contributed by atoms with Crippen LogP contribution in [-0.2, 0) is 15.7 Å². The van der Waals surface area contributed by atoms with Gasteiger partial charge in [-0.05, 0) is 42.8 Å². The van der Waals surface area contributed by atoms with Gasteiger partial charge in [0.2, 0.25) is 0 Å². The van der Waals surface area contributed by atoms with E-state index in [2.05, 4.69) is 10.6 Å². The lowest BCUT2D eigenvalue weighted by atomic mass is 9.93. The predicted octanol–water partition coefficient (Wildman–Crippen LogP) is 3.88. The molecule has 1 heterocycles. The van der Waals surface area contributed by atoms with Gasteiger partial charge in [-0.2, -0.15) is 18.4 Å². The molecule has 1 unspecified atom stereocenters. The molecule has 1 aliphatic heterocycles. The molecule has 1 atom stereocenters. The molecule has 0 radical (unpaired) electrons. The molecule has 0 fully saturated rings. The summed E-state index contributed by atoms with van der Waals surface area (Å²) >= 11 is 0. The van der Waals surface area contributed by atoms with Crippen molar-refractivity contribution in [2.45, 2.75) is 19.1 Å². The topological polar surface area (TPSA) is 94.5 Å². The Morgan fingerprint density at radius 1 is 1.24 bits per heavy atom. The highest BCUT2D eigenvalue weighted by Crippen LogP contribution is 2.36. The quantitative estimate of drug-likeness (QED) is 0.643. The van der Waals surface area contributed by atoms with Gasteiger partial charge < -0.3 is 15.4 Å². The van der Waals surface area contributed by atoms with Gasteiger partial charge in [0, 0.05) is 19.4 Å². The second kappa shape index (κ2) is 9.75. The number of halogens is 3. The first-order valence-corrected chi connectivity index (χ1v) is 9.93. The van der Waals surface area contributed by atoms with E-state index in [9.17, 15) is 22.8 Å². The number of anilines is 1. The number of amides is 3. The lowest BCUT2D eigenvalue weighted by molar-refractivity contribution is -0.137. The largest absolute Gasteiger partial charge is 0.416 e. The molecular weight excluding hydrogens is 437 g/mol. The Balaban J connectivity index is 2.09. The molecule has 10 heteroatoms. The molecular formula is C23H21F3N4O3. The van der Waals surface area contributed by atoms with Gasteiger partial charge in [-0.1, -0.05) is 18.2 Å². The van der Waals surface area contributed by atoms with Crippen molar-refractivity contribution in [3.8, 4) is 6.07 Å². The van der Waals surface area contributed by atoms with E-state index in [1.54, 1.807) is 24.3 Å². The number of nitriles is 1. The summed E-state index contributed by atoms with van der Waals surface area (Å²) < 4.78 is 44.6. The van der Waals surface area contributed by atoms with Crippen LogP contribution in [0.1, 0.15) is 29.7 Å². The van der Waals surface area contributed by atoms with Crippen LogP contribution in [-0.4, -0.2) is 32.2 Å². The van der Waals surface area contributed by atoms with E-state index in [0.29, 0.717) is 11.1 Å². The predicted molar refractivity (Wildman–Crippen MR) is 114 cm³/mol. The van der Waals surface area contributed by atoms with Crippen LogP contribution in [0.5, 0.6) is 0 Å². The van der Waals surface area contributed by atoms with Crippen molar-refractivity contribution in [2.75, 3.05) is 25.2 Å². The van der Waals surface area contributed by atoms with Crippen LogP contribution in [0.25, 0.3) is 0 Å². The van der Waals surface area contributed by atoms with E-state index in [1.165, 1.54) is 26.2 Å². The molecule has 0 bridgehead atoms. The van der Waals surface area contributed by atoms with Crippen molar-refractivity contribution in [2.24, 2.45) is 0 Å². The summed E-state index contributed by atoms with van der Waals surface area (Å²) in [7, 11) is 1.48. The fourth-order valence-electron chi connectivity index (χ4n) is 3.53. The Kier molecular flexibility index (Phi) is 7.04. The SMILES string of the molecule is COCCNC(=O)C1=C(C)N(c2cccc(C(F)(F)F)c2)C(=O)NC1c1ccc(C#N)cc1. The molecule has 7 nitrogen and oxygen atoms in total. The van der Waals surface area contributed by atoms with Gasteiger partial charge in [-0.15, -0.1) is 0 Å². The summed E-state index contributed by atoms with van der Waals surface area (Å²) in [5.41, 5.74) is 0.344. The molecule has 3 amide bonds. The Morgan fingerprint density at radius 3 is 2.55 bits per heavy atom. The van der Waals surface area contributed by atoms with Gasteiger partial charge in [0.25, 0.3) is 5.91 Å². The monoisotopic (exact) mass is 458 g/mol. The zero-order valence-electron chi connectivity index (χ0n) is 17.9. The third kappa shape index (κ3) is 5.15. The van der Waals surface area contributed by atoms with Crippen LogP contribution in [0, 0.1) is 11.3 Å². The number of urea groups is 1. The molecule has 0 saturated carbocycles. The molecule has 2 aromatic carbocycles. The summed E-state index contributed by atoms with van der Waals surface area (Å²) in [6.45, 7) is 1.95. The number of methoxy groups -OCH3 is 1. The normalized spacial score (nSPS) is 16.3. The smallest absolute Gasteiger partial charge is 0.383 e. The third-order valence-corrected chi connectivity index (χ3v) is 5.13. The summed E-state index contributed by atoms with van der Waals surface area (Å²) in [4.78, 5) is 27.1. The number of allylic oxidation sites excluding steroid dienone is 1. The minimum absolute atomic E-state index is 0.0275. The van der Waals surface area contributed by atoms with Crippen LogP contribution in [0.15, 0.2) is 59.8 Å². The van der Waals surface area contributed by atoms with E-state index < -0.39 is 29.7 Å². The van der Waals surface area contributed by atoms with Crippen LogP contribution < -0.4 is 15.5 Å². The third-order valence-electron chi connectivity index (χ3n) is 5.13. The number of hydrogen-bond donors (Lipinski definition) is 2. The van der Waals surface area contributed by atoms with Crippen LogP contribution in [0.4, 0.5) is 23.7 Å². The van der Waals surface area contributed by atoms with Crippen molar-refractivity contribution in [3.63, 3.8) is 0 Å². The molecule has 172 valence electrons. The lowest BCUT2D eigenvalue weighted by Crippen LogP contribution is -2.49. The summed E-state index contributed by atoms with van der Waals surface area (Å²) in [6, 6.07) is 11.1. The number of nitrogens with zero attached hydrogens (tertiary/aromatic N) is 2. The highest BCUT2D eigenvalue weighted by atomic mass is 19.4. The minimum Gasteiger partial charge on any atom is -0.383 e. The van der Waals surface area contributed by atoms with E-state index in [-0.39, 0.29) is 30.1 Å². The number of nitrogens with one attached hydrogen (secondary N) is 2. The highest BCUT2D eigenvalue weighted by molar-refractivity contribution is 6.04. The van der Waals surface area contributed by atoms with Gasteiger partial charge >= 0.3 is 12.2 Å². The van der Waals surface area contributed by atoms with Crippen molar-refractivity contribution >= 4 is 17.6 Å². The fourth-order valence-corrected chi connectivity index (χ4v) is 3.53. The molecule has 0 aromatic heterocycles. The van der Waals surface area contributed by atoms with E-state index in [4.69, 9.17) is 10.00 Å². The Hall–Kier alpha value is -3.84. The highest BCUT2D eigenvalue weighted by Gasteiger charge is 2.37. The summed E-state index contributed by atoms with van der Waals surface area (Å²) in [5, 5.41) is 14.4. The van der Waals surface area contributed by atoms with Gasteiger partial charge in [0.1, 0.15) is 0 Å². The molecule has 3 rings (SSSR count). The number of benzene rings is 2. The number of carbonyl (C=O) groups is 2. The average molecular weight is 458 g/mol. The first kappa shape index (κ1) is 23.8. The van der Waals surface area contributed by atoms with Crippen molar-refractivity contribution in [1.82, 2.24) is 10.6 Å². The molecule has 33 heavy (non-hydrogen) atoms. The van der Waals surface area contributed by atoms with Gasteiger partial charge in [-0.25, -0.2) is 4.79 Å². The minimum atomic E-state index is -4.59. The zero-order chi connectivity index (χ0) is 24.2. The number of alkyl halides is 3. The molecule has 0 aliphatic carbocycles. The Bertz CT molecular complexity index is 1120. The molecule has 2 N–H and O–H groups in total. The van der Waals surface area contributed by atoms with Crippen LogP contribution in [0.3, 0.4) is 0 Å². The van der Waals surface area contributed by atoms with Crippen molar-refractivity contribution in [1.29, 1.82) is 5.26 Å². The molecule has 0 saturated heterocycles. The second-order valence-electron chi connectivity index (χ2n) is 7.25. The summed E-state index contributed by atoms with van der Waals surface area (Å²) in [6.07, 6.45) is -4.59. The average Bonchev–Trinajstić information content (AvgIpc) is 2.78. The van der Waals surface area contributed by atoms with E-state index >= 15 is 0 Å². The van der Waals surface area contributed by atoms with Crippen molar-refractivity contribution in [3.05, 3.63) is 76.5 Å². The van der Waals surface area contributed by atoms with Gasteiger partial charge in [0.15, 0.2) is 0 Å². The maximum absolute atomic E-state index is 13.2. The maximum atomic E-state index is 13.2. The number of rotatable bonds is 6. The summed E-state index contributed by atoms with van der Waals surface area (Å²) in [5.74, 6) is -0.504.